The topological polar surface area (TPSA) is 89.7 Å². The van der Waals surface area contributed by atoms with E-state index < -0.39 is 5.09 Å². The third kappa shape index (κ3) is 25.2. The summed E-state index contributed by atoms with van der Waals surface area (Å²) in [7, 11) is 0. The van der Waals surface area contributed by atoms with Crippen LogP contribution in [0, 0.1) is 10.1 Å². The zero-order valence-corrected chi connectivity index (χ0v) is 7.81. The summed E-state index contributed by atoms with van der Waals surface area (Å²) in [5.74, 6) is -0.0625. The molecule has 0 aliphatic heterocycles. The lowest BCUT2D eigenvalue weighted by Crippen LogP contribution is -1.97. The molecule has 13 heavy (non-hydrogen) atoms. The van der Waals surface area contributed by atoms with Crippen molar-refractivity contribution in [3.05, 3.63) is 21.9 Å². The molecule has 0 bridgehead atoms. The number of ketones is 1. The van der Waals surface area contributed by atoms with E-state index in [4.69, 9.17) is 5.11 Å². The lowest BCUT2D eigenvalue weighted by molar-refractivity contribution is -0.756. The number of carbonyl (C=O) groups excluding carboxylic acids is 1. The second-order valence-corrected chi connectivity index (χ2v) is 2.04. The Balaban J connectivity index is 0. The summed E-state index contributed by atoms with van der Waals surface area (Å²) in [5.41, 5.74) is 0. The summed E-state index contributed by atoms with van der Waals surface area (Å²) in [6, 6.07) is 0. The van der Waals surface area contributed by atoms with Crippen molar-refractivity contribution in [3.8, 4) is 0 Å². The number of hydrogen-bond acceptors (Lipinski definition) is 5. The molecule has 0 saturated heterocycles. The Morgan fingerprint density at radius 2 is 2.08 bits per heavy atom. The average Bonchev–Trinajstić information content (AvgIpc) is 1.83. The number of carbonyl (C=O) groups is 1. The summed E-state index contributed by atoms with van der Waals surface area (Å²) in [6.07, 6.45) is 1.17. The van der Waals surface area contributed by atoms with E-state index in [0.29, 0.717) is 0 Å². The van der Waals surface area contributed by atoms with E-state index in [-0.39, 0.29) is 18.1 Å². The molecule has 0 rings (SSSR count). The third-order valence-electron chi connectivity index (χ3n) is 0.647. The van der Waals surface area contributed by atoms with Gasteiger partial charge in [0.15, 0.2) is 5.78 Å². The smallest absolute Gasteiger partial charge is 0.294 e. The molecule has 0 aromatic carbocycles. The van der Waals surface area contributed by atoms with Crippen LogP contribution in [0.25, 0.3) is 0 Å². The second-order valence-electron chi connectivity index (χ2n) is 2.04. The minimum Gasteiger partial charge on any atom is -0.512 e. The van der Waals surface area contributed by atoms with E-state index in [1.165, 1.54) is 19.9 Å². The monoisotopic (exact) mass is 191 g/mol. The lowest BCUT2D eigenvalue weighted by atomic mass is 10.4. The fraction of sp³-hybridized carbons (Fsp3) is 0.571. The van der Waals surface area contributed by atoms with Crippen molar-refractivity contribution >= 4 is 5.78 Å². The molecule has 0 aromatic heterocycles. The molecular formula is C7H13NO5. The molecule has 0 heterocycles. The van der Waals surface area contributed by atoms with Crippen molar-refractivity contribution in [3.63, 3.8) is 0 Å². The van der Waals surface area contributed by atoms with Crippen molar-refractivity contribution < 1.29 is 19.8 Å². The molecule has 0 spiro atoms. The molecule has 0 radical (unpaired) electrons. The quantitative estimate of drug-likeness (QED) is 0.314. The Labute approximate surface area is 75.9 Å². The lowest BCUT2D eigenvalue weighted by Gasteiger charge is -1.83. The summed E-state index contributed by atoms with van der Waals surface area (Å²) in [6.45, 7) is 4.54. The second kappa shape index (κ2) is 8.51. The van der Waals surface area contributed by atoms with Gasteiger partial charge in [-0.2, -0.15) is 0 Å². The highest BCUT2D eigenvalue weighted by atomic mass is 16.9. The summed E-state index contributed by atoms with van der Waals surface area (Å²) < 4.78 is 0. The van der Waals surface area contributed by atoms with Crippen LogP contribution in [0.3, 0.4) is 0 Å². The molecule has 0 unspecified atom stereocenters. The highest BCUT2D eigenvalue weighted by Crippen LogP contribution is 1.82. The van der Waals surface area contributed by atoms with Gasteiger partial charge in [-0.25, -0.2) is 0 Å². The van der Waals surface area contributed by atoms with Crippen LogP contribution in [0.2, 0.25) is 0 Å². The number of allylic oxidation sites excluding steroid dienone is 2. The Hall–Kier alpha value is -1.59. The van der Waals surface area contributed by atoms with Gasteiger partial charge in [0, 0.05) is 6.08 Å². The van der Waals surface area contributed by atoms with Crippen LogP contribution >= 0.6 is 0 Å². The van der Waals surface area contributed by atoms with Gasteiger partial charge in [-0.1, -0.05) is 0 Å². The van der Waals surface area contributed by atoms with Crippen molar-refractivity contribution in [2.75, 3.05) is 6.61 Å². The van der Waals surface area contributed by atoms with Crippen LogP contribution in [-0.4, -0.2) is 22.6 Å². The maximum atomic E-state index is 10.0. The summed E-state index contributed by atoms with van der Waals surface area (Å²) in [4.78, 5) is 23.0. The molecule has 0 aliphatic carbocycles. The highest BCUT2D eigenvalue weighted by molar-refractivity contribution is 5.87. The van der Waals surface area contributed by atoms with E-state index in [2.05, 4.69) is 4.84 Å². The normalized spacial score (nSPS) is 9.62. The van der Waals surface area contributed by atoms with E-state index >= 15 is 0 Å². The van der Waals surface area contributed by atoms with Crippen molar-refractivity contribution in [1.29, 1.82) is 0 Å². The SMILES string of the molecule is CC(=O)/C=C(/C)O.CCO[N+](=O)[O-]. The maximum absolute atomic E-state index is 10.0. The minimum atomic E-state index is -0.819. The fourth-order valence-electron chi connectivity index (χ4n) is 0.400. The zero-order valence-electron chi connectivity index (χ0n) is 7.81. The van der Waals surface area contributed by atoms with Crippen LogP contribution in [0.1, 0.15) is 20.8 Å². The number of rotatable bonds is 3. The Kier molecular flexibility index (Phi) is 9.14. The van der Waals surface area contributed by atoms with Crippen LogP contribution in [0.5, 0.6) is 0 Å². The van der Waals surface area contributed by atoms with E-state index in [1.54, 1.807) is 6.92 Å². The standard InChI is InChI=1S/C5H8O2.C2H5NO3/c1-4(6)3-5(2)7;1-2-6-3(4)5/h3,6H,1-2H3;2H2,1H3/b4-3-;. The Morgan fingerprint density at radius 1 is 1.62 bits per heavy atom. The molecule has 0 amide bonds. The van der Waals surface area contributed by atoms with E-state index in [0.717, 1.165) is 0 Å². The number of aliphatic hydroxyl groups is 1. The Morgan fingerprint density at radius 3 is 2.08 bits per heavy atom. The molecule has 6 nitrogen and oxygen atoms in total. The van der Waals surface area contributed by atoms with Crippen LogP contribution in [0.15, 0.2) is 11.8 Å². The maximum Gasteiger partial charge on any atom is 0.294 e. The number of hydrogen-bond donors (Lipinski definition) is 1. The van der Waals surface area contributed by atoms with Gasteiger partial charge in [-0.15, -0.1) is 10.1 Å². The molecule has 1 N–H and O–H groups in total. The first-order chi connectivity index (χ1) is 5.90. The molecule has 0 fully saturated rings. The van der Waals surface area contributed by atoms with E-state index in [9.17, 15) is 14.9 Å². The van der Waals surface area contributed by atoms with E-state index in [1.807, 2.05) is 0 Å². The van der Waals surface area contributed by atoms with Gasteiger partial charge in [-0.3, -0.25) is 4.79 Å². The molecule has 0 aliphatic rings. The van der Waals surface area contributed by atoms with Crippen molar-refractivity contribution in [2.24, 2.45) is 0 Å². The van der Waals surface area contributed by atoms with Gasteiger partial charge in [0.05, 0.1) is 12.4 Å². The Bertz CT molecular complexity index is 195. The average molecular weight is 191 g/mol. The zero-order chi connectivity index (χ0) is 10.9. The molecule has 0 atom stereocenters. The van der Waals surface area contributed by atoms with Gasteiger partial charge in [0.2, 0.25) is 0 Å². The minimum absolute atomic E-state index is 0.0625. The van der Waals surface area contributed by atoms with Gasteiger partial charge < -0.3 is 9.94 Å². The van der Waals surface area contributed by atoms with Gasteiger partial charge in [-0.05, 0) is 20.8 Å². The van der Waals surface area contributed by atoms with Gasteiger partial charge in [0.25, 0.3) is 5.09 Å². The largest absolute Gasteiger partial charge is 0.512 e. The first kappa shape index (κ1) is 14.0. The molecular weight excluding hydrogens is 178 g/mol. The predicted octanol–water partition coefficient (Wildman–Crippen LogP) is 1.25. The predicted molar refractivity (Wildman–Crippen MR) is 45.7 cm³/mol. The van der Waals surface area contributed by atoms with Crippen LogP contribution in [-0.2, 0) is 9.63 Å². The number of nitrogens with zero attached hydrogens (tertiary/aromatic N) is 1. The number of aliphatic hydroxyl groups excluding tert-OH is 1. The van der Waals surface area contributed by atoms with Crippen molar-refractivity contribution in [1.82, 2.24) is 0 Å². The molecule has 6 heteroatoms. The summed E-state index contributed by atoms with van der Waals surface area (Å²) in [5, 5.41) is 16.7. The fourth-order valence-corrected chi connectivity index (χ4v) is 0.400. The van der Waals surface area contributed by atoms with Crippen molar-refractivity contribution in [2.45, 2.75) is 20.8 Å². The third-order valence-corrected chi connectivity index (χ3v) is 0.647. The first-order valence-corrected chi connectivity index (χ1v) is 3.55. The molecule has 0 aromatic rings. The first-order valence-electron chi connectivity index (χ1n) is 3.55. The van der Waals surface area contributed by atoms with Gasteiger partial charge in [0.1, 0.15) is 0 Å². The molecule has 76 valence electrons. The highest BCUT2D eigenvalue weighted by Gasteiger charge is 1.83. The summed E-state index contributed by atoms with van der Waals surface area (Å²) >= 11 is 0. The van der Waals surface area contributed by atoms with Crippen LogP contribution < -0.4 is 0 Å². The van der Waals surface area contributed by atoms with Gasteiger partial charge >= 0.3 is 0 Å². The molecule has 0 saturated carbocycles. The van der Waals surface area contributed by atoms with Crippen LogP contribution in [0.4, 0.5) is 0 Å².